The Kier molecular flexibility index (Phi) is 4.24. The van der Waals surface area contributed by atoms with Crippen LogP contribution in [0.1, 0.15) is 12.0 Å². The van der Waals surface area contributed by atoms with Crippen LogP contribution >= 0.6 is 0 Å². The lowest BCUT2D eigenvalue weighted by atomic mass is 9.74. The van der Waals surface area contributed by atoms with Crippen LogP contribution in [0.5, 0.6) is 0 Å². The van der Waals surface area contributed by atoms with Gasteiger partial charge in [0.15, 0.2) is 0 Å². The Hall–Kier alpha value is -2.67. The fraction of sp³-hybridized carbons (Fsp3) is 0.421. The van der Waals surface area contributed by atoms with E-state index >= 15 is 0 Å². The lowest BCUT2D eigenvalue weighted by Gasteiger charge is -2.33. The van der Waals surface area contributed by atoms with Crippen molar-refractivity contribution in [3.8, 4) is 5.69 Å². The zero-order chi connectivity index (χ0) is 18.1. The van der Waals surface area contributed by atoms with Gasteiger partial charge in [0.25, 0.3) is 0 Å². The Morgan fingerprint density at radius 1 is 1.31 bits per heavy atom. The summed E-state index contributed by atoms with van der Waals surface area (Å²) in [7, 11) is 0. The maximum Gasteiger partial charge on any atom is 0.311 e. The topological polar surface area (TPSA) is 84.7 Å². The van der Waals surface area contributed by atoms with Crippen LogP contribution in [0.3, 0.4) is 0 Å². The number of amides is 1. The van der Waals surface area contributed by atoms with Crippen LogP contribution in [0.15, 0.2) is 42.7 Å². The van der Waals surface area contributed by atoms with Crippen molar-refractivity contribution in [3.05, 3.63) is 48.3 Å². The molecule has 2 aliphatic rings. The predicted octanol–water partition coefficient (Wildman–Crippen LogP) is 1.36. The number of rotatable bonds is 4. The molecule has 2 saturated heterocycles. The van der Waals surface area contributed by atoms with E-state index in [4.69, 9.17) is 4.74 Å². The van der Waals surface area contributed by atoms with Crippen LogP contribution in [0.25, 0.3) is 5.69 Å². The van der Waals surface area contributed by atoms with Crippen LogP contribution in [-0.4, -0.2) is 58.0 Å². The lowest BCUT2D eigenvalue weighted by Crippen LogP contribution is -2.45. The van der Waals surface area contributed by atoms with E-state index in [2.05, 4.69) is 5.10 Å². The highest BCUT2D eigenvalue weighted by Gasteiger charge is 2.54. The van der Waals surface area contributed by atoms with Crippen LogP contribution in [0.2, 0.25) is 0 Å². The number of likely N-dealkylation sites (tertiary alicyclic amines) is 1. The van der Waals surface area contributed by atoms with Crippen LogP contribution in [0, 0.1) is 11.3 Å². The van der Waals surface area contributed by atoms with E-state index in [0.717, 1.165) is 11.3 Å². The molecule has 7 heteroatoms. The molecular formula is C19H21N3O4. The molecule has 2 fully saturated rings. The van der Waals surface area contributed by atoms with Gasteiger partial charge in [-0.15, -0.1) is 0 Å². The molecule has 0 aliphatic carbocycles. The van der Waals surface area contributed by atoms with Gasteiger partial charge in [-0.2, -0.15) is 5.10 Å². The molecule has 1 aromatic heterocycles. The molecule has 3 heterocycles. The molecule has 136 valence electrons. The fourth-order valence-corrected chi connectivity index (χ4v) is 3.96. The number of aliphatic carboxylic acids is 1. The van der Waals surface area contributed by atoms with Gasteiger partial charge in [-0.05, 0) is 30.2 Å². The summed E-state index contributed by atoms with van der Waals surface area (Å²) >= 11 is 0. The van der Waals surface area contributed by atoms with Crippen LogP contribution < -0.4 is 0 Å². The quantitative estimate of drug-likeness (QED) is 0.895. The van der Waals surface area contributed by atoms with Crippen molar-refractivity contribution in [2.75, 3.05) is 26.3 Å². The molecule has 7 nitrogen and oxygen atoms in total. The van der Waals surface area contributed by atoms with Gasteiger partial charge in [0.2, 0.25) is 5.91 Å². The third kappa shape index (κ3) is 2.88. The minimum absolute atomic E-state index is 0.0353. The number of aromatic nitrogens is 2. The largest absolute Gasteiger partial charge is 0.481 e. The summed E-state index contributed by atoms with van der Waals surface area (Å²) in [5.74, 6) is -0.976. The molecule has 4 rings (SSSR count). The van der Waals surface area contributed by atoms with Gasteiger partial charge in [0.1, 0.15) is 0 Å². The lowest BCUT2D eigenvalue weighted by molar-refractivity contribution is -0.157. The number of hydrogen-bond donors (Lipinski definition) is 1. The van der Waals surface area contributed by atoms with Gasteiger partial charge < -0.3 is 14.7 Å². The number of carbonyl (C=O) groups excluding carboxylic acids is 1. The normalized spacial score (nSPS) is 25.1. The third-order valence-electron chi connectivity index (χ3n) is 5.55. The Bertz CT molecular complexity index is 803. The minimum Gasteiger partial charge on any atom is -0.481 e. The summed E-state index contributed by atoms with van der Waals surface area (Å²) in [6.07, 6.45) is 4.31. The monoisotopic (exact) mass is 355 g/mol. The van der Waals surface area contributed by atoms with Crippen molar-refractivity contribution in [1.29, 1.82) is 0 Å². The number of benzene rings is 1. The van der Waals surface area contributed by atoms with Gasteiger partial charge in [-0.1, -0.05) is 12.1 Å². The molecular weight excluding hydrogens is 334 g/mol. The Morgan fingerprint density at radius 3 is 2.77 bits per heavy atom. The first-order valence-electron chi connectivity index (χ1n) is 8.76. The van der Waals surface area contributed by atoms with Gasteiger partial charge >= 0.3 is 5.97 Å². The van der Waals surface area contributed by atoms with Crippen molar-refractivity contribution in [1.82, 2.24) is 14.7 Å². The number of carboxylic acids is 1. The van der Waals surface area contributed by atoms with Gasteiger partial charge in [0.05, 0.1) is 24.1 Å². The molecule has 1 amide bonds. The van der Waals surface area contributed by atoms with Gasteiger partial charge in [-0.3, -0.25) is 9.59 Å². The molecule has 2 aromatic rings. The summed E-state index contributed by atoms with van der Waals surface area (Å²) in [6.45, 7) is 1.59. The molecule has 0 saturated carbocycles. The van der Waals surface area contributed by atoms with E-state index < -0.39 is 11.4 Å². The molecule has 26 heavy (non-hydrogen) atoms. The SMILES string of the molecule is O=C(Cc1ccc(-n2cccn2)cc1)N1C[C@H]2COCC[C@@]2(C(=O)O)C1. The highest BCUT2D eigenvalue weighted by molar-refractivity contribution is 5.82. The average Bonchev–Trinajstić information content (AvgIpc) is 3.30. The summed E-state index contributed by atoms with van der Waals surface area (Å²) in [5, 5.41) is 13.9. The first-order valence-corrected chi connectivity index (χ1v) is 8.76. The first-order chi connectivity index (χ1) is 12.6. The summed E-state index contributed by atoms with van der Waals surface area (Å²) in [6, 6.07) is 9.52. The Morgan fingerprint density at radius 2 is 2.12 bits per heavy atom. The summed E-state index contributed by atoms with van der Waals surface area (Å²) < 4.78 is 7.20. The highest BCUT2D eigenvalue weighted by Crippen LogP contribution is 2.42. The first kappa shape index (κ1) is 16.8. The van der Waals surface area contributed by atoms with E-state index in [1.165, 1.54) is 0 Å². The number of fused-ring (bicyclic) bond motifs is 1. The number of nitrogens with zero attached hydrogens (tertiary/aromatic N) is 3. The second kappa shape index (κ2) is 6.57. The minimum atomic E-state index is -0.849. The molecule has 2 atom stereocenters. The highest BCUT2D eigenvalue weighted by atomic mass is 16.5. The average molecular weight is 355 g/mol. The van der Waals surface area contributed by atoms with Crippen molar-refractivity contribution >= 4 is 11.9 Å². The van der Waals surface area contributed by atoms with E-state index in [9.17, 15) is 14.7 Å². The van der Waals surface area contributed by atoms with Crippen molar-refractivity contribution in [2.24, 2.45) is 11.3 Å². The fourth-order valence-electron chi connectivity index (χ4n) is 3.96. The second-order valence-corrected chi connectivity index (χ2v) is 7.05. The van der Waals surface area contributed by atoms with E-state index in [1.807, 2.05) is 36.5 Å². The smallest absolute Gasteiger partial charge is 0.311 e. The molecule has 1 aromatic carbocycles. The number of carbonyl (C=O) groups is 2. The number of ether oxygens (including phenoxy) is 1. The van der Waals surface area contributed by atoms with E-state index in [-0.39, 0.29) is 24.8 Å². The Balaban J connectivity index is 1.44. The molecule has 0 spiro atoms. The number of carboxylic acid groups (broad SMARTS) is 1. The molecule has 2 aliphatic heterocycles. The third-order valence-corrected chi connectivity index (χ3v) is 5.55. The molecule has 0 radical (unpaired) electrons. The van der Waals surface area contributed by atoms with E-state index in [1.54, 1.807) is 15.8 Å². The zero-order valence-corrected chi connectivity index (χ0v) is 14.4. The zero-order valence-electron chi connectivity index (χ0n) is 14.4. The van der Waals surface area contributed by atoms with Gasteiger partial charge in [0, 0.05) is 38.0 Å². The standard InChI is InChI=1S/C19H21N3O4/c23-17(10-14-2-4-16(5-3-14)22-8-1-7-20-22)21-11-15-12-26-9-6-19(15,13-21)18(24)25/h1-5,7-8,15H,6,9-13H2,(H,24,25)/t15-,19+/m0/s1. The Labute approximate surface area is 151 Å². The van der Waals surface area contributed by atoms with Crippen molar-refractivity contribution in [2.45, 2.75) is 12.8 Å². The molecule has 0 unspecified atom stereocenters. The van der Waals surface area contributed by atoms with Crippen LogP contribution in [0.4, 0.5) is 0 Å². The molecule has 1 N–H and O–H groups in total. The number of hydrogen-bond acceptors (Lipinski definition) is 4. The van der Waals surface area contributed by atoms with Crippen molar-refractivity contribution < 1.29 is 19.4 Å². The second-order valence-electron chi connectivity index (χ2n) is 7.05. The molecule has 0 bridgehead atoms. The summed E-state index contributed by atoms with van der Waals surface area (Å²) in [4.78, 5) is 26.2. The summed E-state index contributed by atoms with van der Waals surface area (Å²) in [5.41, 5.74) is 0.986. The van der Waals surface area contributed by atoms with Crippen LogP contribution in [-0.2, 0) is 20.7 Å². The van der Waals surface area contributed by atoms with Gasteiger partial charge in [-0.25, -0.2) is 4.68 Å². The van der Waals surface area contributed by atoms with Crippen molar-refractivity contribution in [3.63, 3.8) is 0 Å². The maximum absolute atomic E-state index is 12.7. The maximum atomic E-state index is 12.7. The predicted molar refractivity (Wildman–Crippen MR) is 92.8 cm³/mol. The van der Waals surface area contributed by atoms with E-state index in [0.29, 0.717) is 26.2 Å².